The van der Waals surface area contributed by atoms with Gasteiger partial charge >= 0.3 is 0 Å². The van der Waals surface area contributed by atoms with E-state index >= 15 is 0 Å². The molecule has 0 radical (unpaired) electrons. The Morgan fingerprint density at radius 1 is 0.862 bits per heavy atom. The Kier molecular flexibility index (Phi) is 4.56. The Morgan fingerprint density at radius 2 is 1.41 bits per heavy atom. The first-order valence-corrected chi connectivity index (χ1v) is 11.1. The van der Waals surface area contributed by atoms with Gasteiger partial charge in [0.2, 0.25) is 5.78 Å². The van der Waals surface area contributed by atoms with Crippen molar-refractivity contribution in [2.24, 2.45) is 0 Å². The first-order chi connectivity index (χ1) is 14.3. The molecule has 0 amide bonds. The van der Waals surface area contributed by atoms with Crippen molar-refractivity contribution in [3.63, 3.8) is 0 Å². The molecule has 0 unspecified atom stereocenters. The minimum Gasteiger partial charge on any atom is -0.342 e. The summed E-state index contributed by atoms with van der Waals surface area (Å²) in [6.45, 7) is 2.14. The van der Waals surface area contributed by atoms with Crippen LogP contribution in [-0.4, -0.2) is 21.3 Å². The van der Waals surface area contributed by atoms with E-state index < -0.39 is 4.87 Å². The predicted molar refractivity (Wildman–Crippen MR) is 121 cm³/mol. The van der Waals surface area contributed by atoms with E-state index in [2.05, 4.69) is 78.6 Å². The third-order valence-corrected chi connectivity index (χ3v) is 7.22. The number of ketones is 1. The van der Waals surface area contributed by atoms with Crippen LogP contribution in [0.5, 0.6) is 0 Å². The molecule has 2 heterocycles. The molecule has 3 heteroatoms. The maximum Gasteiger partial charge on any atom is 0.201 e. The third-order valence-electron chi connectivity index (χ3n) is 5.91. The van der Waals surface area contributed by atoms with E-state index in [0.29, 0.717) is 0 Å². The van der Waals surface area contributed by atoms with Crippen LogP contribution in [0.4, 0.5) is 0 Å². The molecule has 144 valence electrons. The van der Waals surface area contributed by atoms with E-state index in [0.717, 1.165) is 34.6 Å². The van der Waals surface area contributed by atoms with E-state index in [1.807, 2.05) is 24.3 Å². The van der Waals surface area contributed by atoms with E-state index in [1.54, 1.807) is 11.8 Å². The summed E-state index contributed by atoms with van der Waals surface area (Å²) in [6, 6.07) is 31.3. The molecule has 0 aromatic heterocycles. The van der Waals surface area contributed by atoms with Gasteiger partial charge in [0.25, 0.3) is 0 Å². The van der Waals surface area contributed by atoms with Crippen molar-refractivity contribution in [1.82, 2.24) is 4.90 Å². The van der Waals surface area contributed by atoms with Crippen molar-refractivity contribution in [3.8, 4) is 0 Å². The summed E-state index contributed by atoms with van der Waals surface area (Å²) in [7, 11) is 0. The highest BCUT2D eigenvalue weighted by molar-refractivity contribution is 8.01. The Labute approximate surface area is 176 Å². The molecule has 0 N–H and O–H groups in total. The number of carbonyl (C=O) groups excluding carboxylic acids is 1. The molecule has 0 bridgehead atoms. The highest BCUT2D eigenvalue weighted by Crippen LogP contribution is 2.63. The Morgan fingerprint density at radius 3 is 2.00 bits per heavy atom. The van der Waals surface area contributed by atoms with Gasteiger partial charge < -0.3 is 4.90 Å². The van der Waals surface area contributed by atoms with Crippen LogP contribution in [0, 0.1) is 0 Å². The Bertz CT molecular complexity index is 1060. The monoisotopic (exact) mass is 397 g/mol. The van der Waals surface area contributed by atoms with Crippen molar-refractivity contribution in [1.29, 1.82) is 0 Å². The minimum atomic E-state index is -0.494. The molecule has 0 aliphatic carbocycles. The summed E-state index contributed by atoms with van der Waals surface area (Å²) in [5, 5.41) is 0. The minimum absolute atomic E-state index is 0.218. The Hall–Kier alpha value is -2.78. The molecule has 1 fully saturated rings. The van der Waals surface area contributed by atoms with Crippen LogP contribution < -0.4 is 0 Å². The van der Waals surface area contributed by atoms with Gasteiger partial charge in [-0.3, -0.25) is 4.79 Å². The smallest absolute Gasteiger partial charge is 0.201 e. The summed E-state index contributed by atoms with van der Waals surface area (Å²) in [4.78, 5) is 15.8. The second-order valence-corrected chi connectivity index (χ2v) is 9.04. The number of rotatable bonds is 5. The van der Waals surface area contributed by atoms with Crippen molar-refractivity contribution in [2.45, 2.75) is 24.3 Å². The number of fused-ring (bicyclic) bond motifs is 1. The summed E-state index contributed by atoms with van der Waals surface area (Å²) in [5.41, 5.74) is 5.32. The van der Waals surface area contributed by atoms with Gasteiger partial charge in [-0.1, -0.05) is 97.9 Å². The van der Waals surface area contributed by atoms with Crippen LogP contribution in [0.15, 0.2) is 91.0 Å². The molecule has 2 aliphatic rings. The molecule has 1 saturated heterocycles. The van der Waals surface area contributed by atoms with Crippen LogP contribution in [-0.2, 0) is 4.79 Å². The average molecular weight is 398 g/mol. The molecule has 29 heavy (non-hydrogen) atoms. The summed E-state index contributed by atoms with van der Waals surface area (Å²) < 4.78 is 0. The molecule has 5 rings (SSSR count). The van der Waals surface area contributed by atoms with Gasteiger partial charge in [-0.15, -0.1) is 11.8 Å². The molecule has 3 aromatic carbocycles. The molecule has 2 aliphatic heterocycles. The molecular weight excluding hydrogens is 374 g/mol. The van der Waals surface area contributed by atoms with Crippen LogP contribution >= 0.6 is 11.8 Å². The average Bonchev–Trinajstić information content (AvgIpc) is 2.95. The van der Waals surface area contributed by atoms with Gasteiger partial charge in [0.1, 0.15) is 0 Å². The predicted octanol–water partition coefficient (Wildman–Crippen LogP) is 6.03. The second-order valence-electron chi connectivity index (χ2n) is 7.50. The summed E-state index contributed by atoms with van der Waals surface area (Å²) in [6.07, 6.45) is 0.848. The number of carbonyl (C=O) groups is 1. The zero-order chi connectivity index (χ0) is 19.8. The number of Topliss-reactive ketones (excluding diaryl/α,β-unsaturated/α-hetero) is 1. The van der Waals surface area contributed by atoms with Crippen molar-refractivity contribution in [3.05, 3.63) is 108 Å². The summed E-state index contributed by atoms with van der Waals surface area (Å²) in [5.74, 6) is 1.16. The lowest BCUT2D eigenvalue weighted by atomic mass is 9.85. The molecule has 0 saturated carbocycles. The van der Waals surface area contributed by atoms with Gasteiger partial charge in [-0.25, -0.2) is 0 Å². The van der Waals surface area contributed by atoms with E-state index in [-0.39, 0.29) is 11.8 Å². The number of hydrogen-bond acceptors (Lipinski definition) is 3. The lowest BCUT2D eigenvalue weighted by Crippen LogP contribution is -2.59. The summed E-state index contributed by atoms with van der Waals surface area (Å²) >= 11 is 1.77. The number of thioether (sulfide) groups is 1. The molecule has 2 nitrogen and oxygen atoms in total. The largest absolute Gasteiger partial charge is 0.342 e. The van der Waals surface area contributed by atoms with Gasteiger partial charge in [0.15, 0.2) is 4.87 Å². The van der Waals surface area contributed by atoms with Gasteiger partial charge in [0, 0.05) is 6.42 Å². The van der Waals surface area contributed by atoms with Crippen molar-refractivity contribution in [2.75, 3.05) is 5.75 Å². The molecular formula is C26H23NOS. The van der Waals surface area contributed by atoms with Gasteiger partial charge in [-0.2, -0.15) is 0 Å². The van der Waals surface area contributed by atoms with E-state index in [1.165, 1.54) is 5.56 Å². The lowest BCUT2D eigenvalue weighted by Gasteiger charge is -2.55. The van der Waals surface area contributed by atoms with Gasteiger partial charge in [0.05, 0.1) is 17.3 Å². The molecule has 2 atom stereocenters. The van der Waals surface area contributed by atoms with Crippen LogP contribution in [0.25, 0.3) is 11.3 Å². The third kappa shape index (κ3) is 2.76. The first-order valence-electron chi connectivity index (χ1n) is 10.1. The first kappa shape index (κ1) is 18.3. The Balaban J connectivity index is 1.73. The highest BCUT2D eigenvalue weighted by atomic mass is 32.2. The van der Waals surface area contributed by atoms with Crippen LogP contribution in [0.2, 0.25) is 0 Å². The maximum atomic E-state index is 13.9. The highest BCUT2D eigenvalue weighted by Gasteiger charge is 2.63. The number of nitrogens with zero attached hydrogens (tertiary/aromatic N) is 1. The van der Waals surface area contributed by atoms with Crippen molar-refractivity contribution >= 4 is 28.8 Å². The normalized spacial score (nSPS) is 23.1. The van der Waals surface area contributed by atoms with Gasteiger partial charge in [-0.05, 0) is 22.4 Å². The standard InChI is InChI=1S/C26H23NOS/c1-2-29-26-18-22(19-12-6-3-7-13-19)27(26)24(21-16-10-5-11-17-21)23(25(26)28)20-14-8-4-9-15-20/h3-17,22H,2,18H2,1H3/t22-,26-/m1/s1. The number of hydrogen-bond donors (Lipinski definition) is 0. The zero-order valence-corrected chi connectivity index (χ0v) is 17.2. The quantitative estimate of drug-likeness (QED) is 0.524. The van der Waals surface area contributed by atoms with E-state index in [4.69, 9.17) is 0 Å². The lowest BCUT2D eigenvalue weighted by molar-refractivity contribution is -0.123. The van der Waals surface area contributed by atoms with Crippen molar-refractivity contribution < 1.29 is 4.79 Å². The zero-order valence-electron chi connectivity index (χ0n) is 16.4. The van der Waals surface area contributed by atoms with E-state index in [9.17, 15) is 4.79 Å². The second kappa shape index (κ2) is 7.23. The molecule has 0 spiro atoms. The maximum absolute atomic E-state index is 13.9. The fraction of sp³-hybridized carbons (Fsp3) is 0.192. The van der Waals surface area contributed by atoms with Crippen LogP contribution in [0.3, 0.4) is 0 Å². The topological polar surface area (TPSA) is 20.3 Å². The molecule has 3 aromatic rings. The fourth-order valence-electron chi connectivity index (χ4n) is 4.68. The fourth-order valence-corrected chi connectivity index (χ4v) is 6.02. The SMILES string of the molecule is CCS[C@@]12C[C@H](c3ccccc3)N1C(c1ccccc1)=C(c1ccccc1)C2=O. The number of benzene rings is 3. The van der Waals surface area contributed by atoms with Crippen LogP contribution in [0.1, 0.15) is 36.1 Å².